The molecule has 0 aliphatic heterocycles. The van der Waals surface area contributed by atoms with Crippen LogP contribution in [0.1, 0.15) is 12.8 Å². The first-order chi connectivity index (χ1) is 7.17. The van der Waals surface area contributed by atoms with Crippen molar-refractivity contribution in [1.29, 1.82) is 0 Å². The number of ether oxygens (including phenoxy) is 1. The van der Waals surface area contributed by atoms with Gasteiger partial charge in [0, 0.05) is 18.6 Å². The summed E-state index contributed by atoms with van der Waals surface area (Å²) >= 11 is 1.64. The first kappa shape index (κ1) is 12.8. The Balaban J connectivity index is 2.44. The summed E-state index contributed by atoms with van der Waals surface area (Å²) in [6.07, 6.45) is 2.05. The van der Waals surface area contributed by atoms with Crippen molar-refractivity contribution in [3.63, 3.8) is 0 Å². The Hall–Kier alpha value is -0.260. The van der Waals surface area contributed by atoms with Crippen molar-refractivity contribution < 1.29 is 14.6 Å². The molecule has 0 saturated heterocycles. The van der Waals surface area contributed by atoms with Gasteiger partial charge in [-0.3, -0.25) is 4.79 Å². The molecule has 1 unspecified atom stereocenters. The standard InChI is InChI=1S/C10H19NO3S/c1-11-10(9(12)13,8-3-4-8)7-15-6-5-14-2/h8,11H,3-7H2,1-2H3,(H,12,13). The average molecular weight is 233 g/mol. The van der Waals surface area contributed by atoms with Crippen LogP contribution in [0.2, 0.25) is 0 Å². The molecule has 2 N–H and O–H groups in total. The van der Waals surface area contributed by atoms with E-state index in [0.717, 1.165) is 18.6 Å². The third kappa shape index (κ3) is 3.09. The third-order valence-corrected chi connectivity index (χ3v) is 3.98. The van der Waals surface area contributed by atoms with Crippen LogP contribution in [0.15, 0.2) is 0 Å². The minimum atomic E-state index is -0.725. The zero-order valence-electron chi connectivity index (χ0n) is 9.28. The topological polar surface area (TPSA) is 58.6 Å². The molecule has 0 aromatic rings. The molecule has 0 aromatic heterocycles. The maximum Gasteiger partial charge on any atom is 0.325 e. The summed E-state index contributed by atoms with van der Waals surface area (Å²) in [6, 6.07) is 0. The van der Waals surface area contributed by atoms with E-state index in [1.54, 1.807) is 25.9 Å². The van der Waals surface area contributed by atoms with Gasteiger partial charge >= 0.3 is 5.97 Å². The lowest BCUT2D eigenvalue weighted by Crippen LogP contribution is -2.54. The van der Waals surface area contributed by atoms with Gasteiger partial charge < -0.3 is 15.2 Å². The molecular formula is C10H19NO3S. The van der Waals surface area contributed by atoms with Gasteiger partial charge in [-0.2, -0.15) is 11.8 Å². The Labute approximate surface area is 94.8 Å². The maximum atomic E-state index is 11.3. The zero-order chi connectivity index (χ0) is 11.3. The molecule has 15 heavy (non-hydrogen) atoms. The molecule has 1 rings (SSSR count). The summed E-state index contributed by atoms with van der Waals surface area (Å²) in [5, 5.41) is 12.3. The van der Waals surface area contributed by atoms with Crippen LogP contribution >= 0.6 is 11.8 Å². The lowest BCUT2D eigenvalue weighted by molar-refractivity contribution is -0.144. The van der Waals surface area contributed by atoms with E-state index in [2.05, 4.69) is 5.32 Å². The number of hydrogen-bond acceptors (Lipinski definition) is 4. The van der Waals surface area contributed by atoms with Crippen molar-refractivity contribution in [2.45, 2.75) is 18.4 Å². The van der Waals surface area contributed by atoms with E-state index >= 15 is 0 Å². The molecule has 0 bridgehead atoms. The highest BCUT2D eigenvalue weighted by atomic mass is 32.2. The van der Waals surface area contributed by atoms with Crippen LogP contribution in [0.4, 0.5) is 0 Å². The van der Waals surface area contributed by atoms with E-state index in [9.17, 15) is 9.90 Å². The Morgan fingerprint density at radius 3 is 2.73 bits per heavy atom. The lowest BCUT2D eigenvalue weighted by atomic mass is 9.96. The smallest absolute Gasteiger partial charge is 0.325 e. The van der Waals surface area contributed by atoms with Gasteiger partial charge in [0.2, 0.25) is 0 Å². The molecule has 0 aromatic carbocycles. The Bertz CT molecular complexity index is 221. The normalized spacial score (nSPS) is 19.9. The number of carboxylic acids is 1. The SMILES string of the molecule is CNC(CSCCOC)(C(=O)O)C1CC1. The van der Waals surface area contributed by atoms with Crippen molar-refractivity contribution in [3.05, 3.63) is 0 Å². The summed E-state index contributed by atoms with van der Waals surface area (Å²) in [6.45, 7) is 0.675. The Kier molecular flexibility index (Phi) is 4.89. The molecule has 0 spiro atoms. The monoisotopic (exact) mass is 233 g/mol. The predicted octanol–water partition coefficient (Wildman–Crippen LogP) is 0.819. The molecule has 1 fully saturated rings. The minimum Gasteiger partial charge on any atom is -0.480 e. The van der Waals surface area contributed by atoms with E-state index in [0.29, 0.717) is 18.3 Å². The van der Waals surface area contributed by atoms with Gasteiger partial charge in [0.1, 0.15) is 5.54 Å². The van der Waals surface area contributed by atoms with Crippen molar-refractivity contribution in [2.75, 3.05) is 32.3 Å². The van der Waals surface area contributed by atoms with E-state index in [1.807, 2.05) is 0 Å². The quantitative estimate of drug-likeness (QED) is 0.608. The number of carbonyl (C=O) groups is 1. The second-order valence-electron chi connectivity index (χ2n) is 3.85. The summed E-state index contributed by atoms with van der Waals surface area (Å²) in [7, 11) is 3.40. The molecule has 0 amide bonds. The predicted molar refractivity (Wildman–Crippen MR) is 61.4 cm³/mol. The number of thioether (sulfide) groups is 1. The highest BCUT2D eigenvalue weighted by Gasteiger charge is 2.49. The van der Waals surface area contributed by atoms with Gasteiger partial charge in [0.15, 0.2) is 0 Å². The molecule has 4 nitrogen and oxygen atoms in total. The number of aliphatic carboxylic acids is 1. The molecule has 5 heteroatoms. The third-order valence-electron chi connectivity index (χ3n) is 2.86. The fourth-order valence-corrected chi connectivity index (χ4v) is 2.94. The molecule has 88 valence electrons. The number of rotatable bonds is 8. The lowest BCUT2D eigenvalue weighted by Gasteiger charge is -2.28. The summed E-state index contributed by atoms with van der Waals surface area (Å²) in [4.78, 5) is 11.3. The van der Waals surface area contributed by atoms with Crippen LogP contribution in [-0.4, -0.2) is 48.9 Å². The fourth-order valence-electron chi connectivity index (χ4n) is 1.69. The van der Waals surface area contributed by atoms with Gasteiger partial charge in [0.25, 0.3) is 0 Å². The maximum absolute atomic E-state index is 11.3. The minimum absolute atomic E-state index is 0.301. The second kappa shape index (κ2) is 5.72. The molecule has 1 aliphatic rings. The first-order valence-electron chi connectivity index (χ1n) is 5.16. The van der Waals surface area contributed by atoms with Gasteiger partial charge in [-0.1, -0.05) is 0 Å². The van der Waals surface area contributed by atoms with Crippen LogP contribution < -0.4 is 5.32 Å². The van der Waals surface area contributed by atoms with Gasteiger partial charge in [-0.25, -0.2) is 0 Å². The number of carboxylic acid groups (broad SMARTS) is 1. The molecule has 1 atom stereocenters. The molecule has 0 radical (unpaired) electrons. The van der Waals surface area contributed by atoms with Crippen LogP contribution in [0.25, 0.3) is 0 Å². The van der Waals surface area contributed by atoms with E-state index < -0.39 is 11.5 Å². The van der Waals surface area contributed by atoms with Crippen molar-refractivity contribution >= 4 is 17.7 Å². The molecule has 1 saturated carbocycles. The Morgan fingerprint density at radius 2 is 2.33 bits per heavy atom. The highest BCUT2D eigenvalue weighted by molar-refractivity contribution is 7.99. The summed E-state index contributed by atoms with van der Waals surface area (Å²) < 4.78 is 4.94. The van der Waals surface area contributed by atoms with Crippen LogP contribution in [0.5, 0.6) is 0 Å². The number of hydrogen-bond donors (Lipinski definition) is 2. The number of methoxy groups -OCH3 is 1. The fraction of sp³-hybridized carbons (Fsp3) is 0.900. The van der Waals surface area contributed by atoms with Crippen LogP contribution in [-0.2, 0) is 9.53 Å². The second-order valence-corrected chi connectivity index (χ2v) is 4.95. The summed E-state index contributed by atoms with van der Waals surface area (Å²) in [5.41, 5.74) is -0.724. The summed E-state index contributed by atoms with van der Waals surface area (Å²) in [5.74, 6) is 1.04. The van der Waals surface area contributed by atoms with E-state index in [4.69, 9.17) is 4.74 Å². The van der Waals surface area contributed by atoms with Crippen molar-refractivity contribution in [3.8, 4) is 0 Å². The molecule has 1 aliphatic carbocycles. The van der Waals surface area contributed by atoms with Gasteiger partial charge in [0.05, 0.1) is 6.61 Å². The number of likely N-dealkylation sites (N-methyl/N-ethyl adjacent to an activating group) is 1. The van der Waals surface area contributed by atoms with Crippen LogP contribution in [0.3, 0.4) is 0 Å². The average Bonchev–Trinajstić information content (AvgIpc) is 3.02. The van der Waals surface area contributed by atoms with Gasteiger partial charge in [-0.05, 0) is 25.8 Å². The van der Waals surface area contributed by atoms with E-state index in [-0.39, 0.29) is 0 Å². The Morgan fingerprint density at radius 1 is 1.67 bits per heavy atom. The van der Waals surface area contributed by atoms with Gasteiger partial charge in [-0.15, -0.1) is 0 Å². The first-order valence-corrected chi connectivity index (χ1v) is 6.32. The van der Waals surface area contributed by atoms with E-state index in [1.165, 1.54) is 0 Å². The molecule has 0 heterocycles. The number of nitrogens with one attached hydrogen (secondary N) is 1. The van der Waals surface area contributed by atoms with Crippen molar-refractivity contribution in [2.24, 2.45) is 5.92 Å². The molecular weight excluding hydrogens is 214 g/mol. The highest BCUT2D eigenvalue weighted by Crippen LogP contribution is 2.41. The largest absolute Gasteiger partial charge is 0.480 e. The zero-order valence-corrected chi connectivity index (χ0v) is 10.1. The van der Waals surface area contributed by atoms with Crippen molar-refractivity contribution in [1.82, 2.24) is 5.32 Å². The van der Waals surface area contributed by atoms with Crippen LogP contribution in [0, 0.1) is 5.92 Å².